The van der Waals surface area contributed by atoms with Crippen LogP contribution in [-0.4, -0.2) is 31.1 Å². The van der Waals surface area contributed by atoms with E-state index < -0.39 is 0 Å². The predicted molar refractivity (Wildman–Crippen MR) is 62.3 cm³/mol. The molecule has 1 saturated carbocycles. The van der Waals surface area contributed by atoms with Crippen LogP contribution in [0.4, 0.5) is 0 Å². The van der Waals surface area contributed by atoms with E-state index in [0.29, 0.717) is 5.41 Å². The summed E-state index contributed by atoms with van der Waals surface area (Å²) < 4.78 is 0. The molecule has 0 heterocycles. The number of hydrogen-bond donors (Lipinski definition) is 1. The van der Waals surface area contributed by atoms with Gasteiger partial charge in [0.15, 0.2) is 0 Å². The highest BCUT2D eigenvalue weighted by atomic mass is 15.1. The van der Waals surface area contributed by atoms with E-state index in [2.05, 4.69) is 32.7 Å². The SMILES string of the molecule is CC(C1CC1)N(C)CCC(C)(C)CN. The maximum absolute atomic E-state index is 5.72. The van der Waals surface area contributed by atoms with Gasteiger partial charge in [0.2, 0.25) is 0 Å². The van der Waals surface area contributed by atoms with Crippen molar-refractivity contribution in [2.24, 2.45) is 17.1 Å². The van der Waals surface area contributed by atoms with E-state index in [1.807, 2.05) is 0 Å². The summed E-state index contributed by atoms with van der Waals surface area (Å²) in [6, 6.07) is 0.767. The monoisotopic (exact) mass is 198 g/mol. The Bertz CT molecular complexity index is 173. The van der Waals surface area contributed by atoms with Gasteiger partial charge in [-0.3, -0.25) is 0 Å². The highest BCUT2D eigenvalue weighted by Gasteiger charge is 2.30. The third-order valence-electron chi connectivity index (χ3n) is 3.69. The Morgan fingerprint density at radius 1 is 1.43 bits per heavy atom. The summed E-state index contributed by atoms with van der Waals surface area (Å²) in [6.45, 7) is 8.83. The Morgan fingerprint density at radius 3 is 2.43 bits per heavy atom. The minimum Gasteiger partial charge on any atom is -0.330 e. The molecule has 0 radical (unpaired) electrons. The van der Waals surface area contributed by atoms with Crippen LogP contribution in [-0.2, 0) is 0 Å². The molecule has 0 saturated heterocycles. The van der Waals surface area contributed by atoms with Crippen molar-refractivity contribution in [1.29, 1.82) is 0 Å². The Balaban J connectivity index is 2.22. The van der Waals surface area contributed by atoms with E-state index in [1.54, 1.807) is 0 Å². The summed E-state index contributed by atoms with van der Waals surface area (Å²) in [4.78, 5) is 2.50. The average Bonchev–Trinajstić information content (AvgIpc) is 2.96. The molecule has 2 N–H and O–H groups in total. The average molecular weight is 198 g/mol. The zero-order valence-electron chi connectivity index (χ0n) is 10.2. The van der Waals surface area contributed by atoms with E-state index in [0.717, 1.165) is 18.5 Å². The van der Waals surface area contributed by atoms with Gasteiger partial charge in [0.25, 0.3) is 0 Å². The summed E-state index contributed by atoms with van der Waals surface area (Å²) in [6.07, 6.45) is 4.08. The van der Waals surface area contributed by atoms with Crippen molar-refractivity contribution < 1.29 is 0 Å². The molecule has 0 spiro atoms. The van der Waals surface area contributed by atoms with Gasteiger partial charge in [-0.25, -0.2) is 0 Å². The fourth-order valence-corrected chi connectivity index (χ4v) is 1.72. The second-order valence-corrected chi connectivity index (χ2v) is 5.68. The molecular formula is C12H26N2. The van der Waals surface area contributed by atoms with Crippen molar-refractivity contribution in [3.05, 3.63) is 0 Å². The van der Waals surface area contributed by atoms with Gasteiger partial charge in [0, 0.05) is 6.04 Å². The van der Waals surface area contributed by atoms with Gasteiger partial charge < -0.3 is 10.6 Å². The molecule has 14 heavy (non-hydrogen) atoms. The minimum absolute atomic E-state index is 0.303. The van der Waals surface area contributed by atoms with Gasteiger partial charge in [0.05, 0.1) is 0 Å². The fraction of sp³-hybridized carbons (Fsp3) is 1.00. The lowest BCUT2D eigenvalue weighted by molar-refractivity contribution is 0.196. The van der Waals surface area contributed by atoms with Crippen LogP contribution < -0.4 is 5.73 Å². The second kappa shape index (κ2) is 4.63. The molecule has 0 amide bonds. The third-order valence-corrected chi connectivity index (χ3v) is 3.69. The molecule has 0 aromatic carbocycles. The second-order valence-electron chi connectivity index (χ2n) is 5.68. The van der Waals surface area contributed by atoms with E-state index in [4.69, 9.17) is 5.73 Å². The van der Waals surface area contributed by atoms with Gasteiger partial charge in [0.1, 0.15) is 0 Å². The zero-order valence-corrected chi connectivity index (χ0v) is 10.2. The summed E-state index contributed by atoms with van der Waals surface area (Å²) in [5.41, 5.74) is 6.03. The summed E-state index contributed by atoms with van der Waals surface area (Å²) in [5.74, 6) is 0.973. The molecule has 0 bridgehead atoms. The third kappa shape index (κ3) is 3.58. The van der Waals surface area contributed by atoms with Gasteiger partial charge >= 0.3 is 0 Å². The largest absolute Gasteiger partial charge is 0.330 e. The molecule has 1 aliphatic rings. The summed E-state index contributed by atoms with van der Waals surface area (Å²) >= 11 is 0. The quantitative estimate of drug-likeness (QED) is 0.708. The number of nitrogens with zero attached hydrogens (tertiary/aromatic N) is 1. The number of rotatable bonds is 6. The van der Waals surface area contributed by atoms with Gasteiger partial charge in [-0.15, -0.1) is 0 Å². The standard InChI is InChI=1S/C12H26N2/c1-10(11-5-6-11)14(4)8-7-12(2,3)9-13/h10-11H,5-9,13H2,1-4H3. The van der Waals surface area contributed by atoms with Crippen LogP contribution in [0.2, 0.25) is 0 Å². The smallest absolute Gasteiger partial charge is 0.00921 e. The summed E-state index contributed by atoms with van der Waals surface area (Å²) in [7, 11) is 2.25. The normalized spacial score (nSPS) is 20.1. The van der Waals surface area contributed by atoms with Crippen LogP contribution in [0.25, 0.3) is 0 Å². The maximum Gasteiger partial charge on any atom is 0.00921 e. The van der Waals surface area contributed by atoms with Crippen LogP contribution in [0.1, 0.15) is 40.0 Å². The summed E-state index contributed by atoms with van der Waals surface area (Å²) in [5, 5.41) is 0. The van der Waals surface area contributed by atoms with Gasteiger partial charge in [-0.05, 0) is 57.7 Å². The van der Waals surface area contributed by atoms with Crippen LogP contribution in [0.5, 0.6) is 0 Å². The lowest BCUT2D eigenvalue weighted by Crippen LogP contribution is -2.35. The Kier molecular flexibility index (Phi) is 3.96. The molecule has 2 nitrogen and oxygen atoms in total. The fourth-order valence-electron chi connectivity index (χ4n) is 1.72. The molecular weight excluding hydrogens is 172 g/mol. The maximum atomic E-state index is 5.72. The molecule has 1 unspecified atom stereocenters. The number of hydrogen-bond acceptors (Lipinski definition) is 2. The molecule has 1 aliphatic carbocycles. The molecule has 1 atom stereocenters. The van der Waals surface area contributed by atoms with Crippen LogP contribution >= 0.6 is 0 Å². The Morgan fingerprint density at radius 2 is 2.00 bits per heavy atom. The van der Waals surface area contributed by atoms with Crippen LogP contribution in [0.3, 0.4) is 0 Å². The topological polar surface area (TPSA) is 29.3 Å². The number of nitrogens with two attached hydrogens (primary N) is 1. The van der Waals surface area contributed by atoms with E-state index in [1.165, 1.54) is 25.8 Å². The first-order valence-corrected chi connectivity index (χ1v) is 5.86. The molecule has 1 rings (SSSR count). The van der Waals surface area contributed by atoms with Crippen LogP contribution in [0.15, 0.2) is 0 Å². The van der Waals surface area contributed by atoms with Crippen molar-refractivity contribution in [2.75, 3.05) is 20.1 Å². The Labute approximate surface area is 88.8 Å². The van der Waals surface area contributed by atoms with E-state index in [-0.39, 0.29) is 0 Å². The highest BCUT2D eigenvalue weighted by molar-refractivity contribution is 4.84. The van der Waals surface area contributed by atoms with Crippen molar-refractivity contribution in [2.45, 2.75) is 46.1 Å². The van der Waals surface area contributed by atoms with Crippen LogP contribution in [0, 0.1) is 11.3 Å². The molecule has 84 valence electrons. The molecule has 0 aromatic heterocycles. The highest BCUT2D eigenvalue weighted by Crippen LogP contribution is 2.35. The van der Waals surface area contributed by atoms with Crippen molar-refractivity contribution in [3.63, 3.8) is 0 Å². The lowest BCUT2D eigenvalue weighted by atomic mass is 9.89. The van der Waals surface area contributed by atoms with Crippen molar-refractivity contribution in [3.8, 4) is 0 Å². The van der Waals surface area contributed by atoms with Gasteiger partial charge in [-0.1, -0.05) is 13.8 Å². The first-order valence-electron chi connectivity index (χ1n) is 5.86. The minimum atomic E-state index is 0.303. The zero-order chi connectivity index (χ0) is 10.8. The van der Waals surface area contributed by atoms with Gasteiger partial charge in [-0.2, -0.15) is 0 Å². The van der Waals surface area contributed by atoms with E-state index in [9.17, 15) is 0 Å². The van der Waals surface area contributed by atoms with Crippen molar-refractivity contribution >= 4 is 0 Å². The predicted octanol–water partition coefficient (Wildman–Crippen LogP) is 2.09. The van der Waals surface area contributed by atoms with E-state index >= 15 is 0 Å². The molecule has 2 heteroatoms. The Hall–Kier alpha value is -0.0800. The first-order chi connectivity index (χ1) is 6.46. The molecule has 0 aliphatic heterocycles. The molecule has 0 aromatic rings. The first kappa shape index (κ1) is 12.0. The van der Waals surface area contributed by atoms with Crippen molar-refractivity contribution in [1.82, 2.24) is 4.90 Å². The molecule has 1 fully saturated rings. The lowest BCUT2D eigenvalue weighted by Gasteiger charge is -2.29.